The molecule has 0 unspecified atom stereocenters. The van der Waals surface area contributed by atoms with E-state index in [1.807, 2.05) is 39.8 Å². The normalized spacial score (nSPS) is 11.9. The fourth-order valence-corrected chi connectivity index (χ4v) is 5.02. The van der Waals surface area contributed by atoms with E-state index in [-0.39, 0.29) is 17.7 Å². The van der Waals surface area contributed by atoms with Crippen LogP contribution in [0.4, 0.5) is 11.4 Å². The van der Waals surface area contributed by atoms with Gasteiger partial charge in [-0.3, -0.25) is 9.52 Å². The molecule has 5 nitrogen and oxygen atoms in total. The minimum atomic E-state index is -3.82. The molecule has 2 aromatic carbocycles. The molecule has 0 aliphatic carbocycles. The van der Waals surface area contributed by atoms with Crippen LogP contribution in [-0.4, -0.2) is 14.3 Å². The van der Waals surface area contributed by atoms with Crippen LogP contribution in [0.2, 0.25) is 0 Å². The van der Waals surface area contributed by atoms with E-state index >= 15 is 0 Å². The van der Waals surface area contributed by atoms with Gasteiger partial charge in [-0.2, -0.15) is 0 Å². The van der Waals surface area contributed by atoms with Gasteiger partial charge in [0.15, 0.2) is 0 Å². The number of hydrogen-bond acceptors (Lipinski definition) is 3. The first-order chi connectivity index (χ1) is 13.4. The third-order valence-corrected chi connectivity index (χ3v) is 6.30. The Morgan fingerprint density at radius 1 is 0.828 bits per heavy atom. The lowest BCUT2D eigenvalue weighted by Gasteiger charge is -2.23. The molecule has 0 fully saturated rings. The van der Waals surface area contributed by atoms with Crippen molar-refractivity contribution in [1.29, 1.82) is 0 Å². The van der Waals surface area contributed by atoms with Crippen molar-refractivity contribution in [3.63, 3.8) is 0 Å². The standard InChI is InChI=1S/C23H32N2O3S/c1-14(2)18-11-21(15(3)4)23(22(12-18)16(5)6)29(27,28)25-20-10-8-9-19(13-20)24-17(7)26/h8-16,25H,1-7H3,(H,24,26). The first kappa shape index (κ1) is 22.9. The number of rotatable bonds is 7. The molecule has 2 N–H and O–H groups in total. The molecule has 158 valence electrons. The molecule has 29 heavy (non-hydrogen) atoms. The summed E-state index contributed by atoms with van der Waals surface area (Å²) in [6.07, 6.45) is 0. The van der Waals surface area contributed by atoms with Gasteiger partial charge >= 0.3 is 0 Å². The summed E-state index contributed by atoms with van der Waals surface area (Å²) in [6.45, 7) is 13.7. The SMILES string of the molecule is CC(=O)Nc1cccc(NS(=O)(=O)c2c(C(C)C)cc(C(C)C)cc2C(C)C)c1. The summed E-state index contributed by atoms with van der Waals surface area (Å²) in [5, 5.41) is 2.68. The van der Waals surface area contributed by atoms with Crippen LogP contribution in [0.1, 0.15) is 82.9 Å². The third-order valence-electron chi connectivity index (χ3n) is 4.78. The largest absolute Gasteiger partial charge is 0.326 e. The Morgan fingerprint density at radius 2 is 1.34 bits per heavy atom. The lowest BCUT2D eigenvalue weighted by Crippen LogP contribution is -2.19. The van der Waals surface area contributed by atoms with Crippen LogP contribution in [0, 0.1) is 0 Å². The van der Waals surface area contributed by atoms with Crippen LogP contribution in [0.25, 0.3) is 0 Å². The van der Waals surface area contributed by atoms with Crippen molar-refractivity contribution in [2.45, 2.75) is 71.1 Å². The zero-order valence-corrected chi connectivity index (χ0v) is 19.1. The number of anilines is 2. The Kier molecular flexibility index (Phi) is 7.11. The molecule has 0 aromatic heterocycles. The highest BCUT2D eigenvalue weighted by Gasteiger charge is 2.27. The fourth-order valence-electron chi connectivity index (χ4n) is 3.27. The van der Waals surface area contributed by atoms with Gasteiger partial charge < -0.3 is 5.32 Å². The van der Waals surface area contributed by atoms with E-state index in [0.29, 0.717) is 22.2 Å². The molecular formula is C23H32N2O3S. The van der Waals surface area contributed by atoms with E-state index in [0.717, 1.165) is 16.7 Å². The van der Waals surface area contributed by atoms with Crippen molar-refractivity contribution in [1.82, 2.24) is 0 Å². The number of amides is 1. The second kappa shape index (κ2) is 8.99. The minimum absolute atomic E-state index is 0.0588. The van der Waals surface area contributed by atoms with Crippen LogP contribution in [0.5, 0.6) is 0 Å². The summed E-state index contributed by atoms with van der Waals surface area (Å²) in [5.74, 6) is 0.217. The van der Waals surface area contributed by atoms with Crippen LogP contribution >= 0.6 is 0 Å². The predicted octanol–water partition coefficient (Wildman–Crippen LogP) is 5.82. The van der Waals surface area contributed by atoms with Crippen LogP contribution in [-0.2, 0) is 14.8 Å². The van der Waals surface area contributed by atoms with E-state index in [9.17, 15) is 13.2 Å². The second-order valence-corrected chi connectivity index (χ2v) is 9.98. The Bertz CT molecular complexity index is 964. The first-order valence-electron chi connectivity index (χ1n) is 10.0. The molecule has 0 radical (unpaired) electrons. The van der Waals surface area contributed by atoms with Crippen molar-refractivity contribution in [2.24, 2.45) is 0 Å². The van der Waals surface area contributed by atoms with E-state index in [2.05, 4.69) is 23.9 Å². The van der Waals surface area contributed by atoms with Crippen molar-refractivity contribution in [2.75, 3.05) is 10.0 Å². The fraction of sp³-hybridized carbons (Fsp3) is 0.435. The van der Waals surface area contributed by atoms with Crippen molar-refractivity contribution >= 4 is 27.3 Å². The van der Waals surface area contributed by atoms with E-state index in [4.69, 9.17) is 0 Å². The number of carbonyl (C=O) groups is 1. The number of hydrogen-bond donors (Lipinski definition) is 2. The number of sulfonamides is 1. The molecule has 0 atom stereocenters. The summed E-state index contributed by atoms with van der Waals surface area (Å²) in [7, 11) is -3.82. The summed E-state index contributed by atoms with van der Waals surface area (Å²) < 4.78 is 29.6. The first-order valence-corrected chi connectivity index (χ1v) is 11.5. The molecule has 0 spiro atoms. The van der Waals surface area contributed by atoms with Crippen LogP contribution < -0.4 is 10.0 Å². The van der Waals surface area contributed by atoms with Crippen LogP contribution in [0.15, 0.2) is 41.3 Å². The van der Waals surface area contributed by atoms with Gasteiger partial charge in [0.25, 0.3) is 10.0 Å². The average molecular weight is 417 g/mol. The zero-order chi connectivity index (χ0) is 21.9. The lowest BCUT2D eigenvalue weighted by atomic mass is 9.89. The number of benzene rings is 2. The maximum atomic E-state index is 13.5. The quantitative estimate of drug-likeness (QED) is 0.597. The Balaban J connectivity index is 2.60. The predicted molar refractivity (Wildman–Crippen MR) is 120 cm³/mol. The molecule has 0 saturated heterocycles. The van der Waals surface area contributed by atoms with Gasteiger partial charge in [0.1, 0.15) is 0 Å². The van der Waals surface area contributed by atoms with Gasteiger partial charge in [-0.25, -0.2) is 8.42 Å². The van der Waals surface area contributed by atoms with Gasteiger partial charge in [0.2, 0.25) is 5.91 Å². The van der Waals surface area contributed by atoms with Gasteiger partial charge in [0, 0.05) is 12.6 Å². The molecule has 2 aromatic rings. The Hall–Kier alpha value is -2.34. The molecule has 6 heteroatoms. The molecule has 0 aliphatic rings. The van der Waals surface area contributed by atoms with E-state index < -0.39 is 10.0 Å². The molecule has 0 bridgehead atoms. The minimum Gasteiger partial charge on any atom is -0.326 e. The molecular weight excluding hydrogens is 384 g/mol. The summed E-state index contributed by atoms with van der Waals surface area (Å²) in [5.41, 5.74) is 3.74. The lowest BCUT2D eigenvalue weighted by molar-refractivity contribution is -0.114. The zero-order valence-electron chi connectivity index (χ0n) is 18.3. The summed E-state index contributed by atoms with van der Waals surface area (Å²) >= 11 is 0. The van der Waals surface area contributed by atoms with Crippen LogP contribution in [0.3, 0.4) is 0 Å². The van der Waals surface area contributed by atoms with Gasteiger partial charge in [-0.1, -0.05) is 59.7 Å². The highest BCUT2D eigenvalue weighted by Crippen LogP contribution is 2.36. The van der Waals surface area contributed by atoms with Gasteiger partial charge in [-0.05, 0) is 52.6 Å². The topological polar surface area (TPSA) is 75.3 Å². The maximum Gasteiger partial charge on any atom is 0.262 e. The molecule has 0 heterocycles. The molecule has 0 saturated carbocycles. The average Bonchev–Trinajstić information content (AvgIpc) is 2.59. The van der Waals surface area contributed by atoms with Crippen molar-refractivity contribution < 1.29 is 13.2 Å². The Labute approximate surface area is 175 Å². The van der Waals surface area contributed by atoms with E-state index in [1.165, 1.54) is 6.92 Å². The monoisotopic (exact) mass is 416 g/mol. The molecule has 0 aliphatic heterocycles. The van der Waals surface area contributed by atoms with E-state index in [1.54, 1.807) is 24.3 Å². The highest BCUT2D eigenvalue weighted by atomic mass is 32.2. The molecule has 1 amide bonds. The number of carbonyl (C=O) groups excluding carboxylic acids is 1. The smallest absolute Gasteiger partial charge is 0.262 e. The summed E-state index contributed by atoms with van der Waals surface area (Å²) in [6, 6.07) is 10.8. The molecule has 2 rings (SSSR count). The van der Waals surface area contributed by atoms with Gasteiger partial charge in [-0.15, -0.1) is 0 Å². The van der Waals surface area contributed by atoms with Gasteiger partial charge in [0.05, 0.1) is 10.6 Å². The summed E-state index contributed by atoms with van der Waals surface area (Å²) in [4.78, 5) is 11.7. The highest BCUT2D eigenvalue weighted by molar-refractivity contribution is 7.92. The Morgan fingerprint density at radius 3 is 1.79 bits per heavy atom. The maximum absolute atomic E-state index is 13.5. The second-order valence-electron chi connectivity index (χ2n) is 8.36. The van der Waals surface area contributed by atoms with Crippen molar-refractivity contribution in [3.05, 3.63) is 53.1 Å². The number of nitrogens with one attached hydrogen (secondary N) is 2. The van der Waals surface area contributed by atoms with Crippen molar-refractivity contribution in [3.8, 4) is 0 Å². The third kappa shape index (κ3) is 5.60.